The van der Waals surface area contributed by atoms with Crippen molar-refractivity contribution in [3.05, 3.63) is 53.1 Å². The van der Waals surface area contributed by atoms with Gasteiger partial charge in [0.1, 0.15) is 5.75 Å². The molecule has 0 amide bonds. The number of nitrogens with one attached hydrogen (secondary N) is 2. The molecule has 0 aliphatic heterocycles. The van der Waals surface area contributed by atoms with Crippen LogP contribution in [0.25, 0.3) is 0 Å². The maximum absolute atomic E-state index is 5.97. The van der Waals surface area contributed by atoms with Crippen molar-refractivity contribution in [2.75, 3.05) is 48.1 Å². The van der Waals surface area contributed by atoms with Crippen LogP contribution in [0, 0.1) is 6.92 Å². The number of hydrogen-bond acceptors (Lipinski definition) is 5. The van der Waals surface area contributed by atoms with E-state index in [1.807, 2.05) is 12.1 Å². The van der Waals surface area contributed by atoms with Crippen molar-refractivity contribution in [2.45, 2.75) is 32.7 Å². The lowest BCUT2D eigenvalue weighted by molar-refractivity contribution is 0.171. The highest BCUT2D eigenvalue weighted by Gasteiger charge is 2.07. The van der Waals surface area contributed by atoms with Gasteiger partial charge in [0.2, 0.25) is 0 Å². The summed E-state index contributed by atoms with van der Waals surface area (Å²) in [6.45, 7) is 4.84. The molecule has 2 aromatic rings. The average Bonchev–Trinajstić information content (AvgIpc) is 2.82. The van der Waals surface area contributed by atoms with Crippen molar-refractivity contribution in [1.29, 1.82) is 0 Å². The topological polar surface area (TPSA) is 73.3 Å². The Morgan fingerprint density at radius 2 is 1.69 bits per heavy atom. The Bertz CT molecular complexity index is 855. The fraction of sp³-hybridized carbons (Fsp3) is 0.480. The Morgan fingerprint density at radius 3 is 2.41 bits per heavy atom. The molecule has 32 heavy (non-hydrogen) atoms. The molecule has 0 spiro atoms. The van der Waals surface area contributed by atoms with Crippen molar-refractivity contribution >= 4 is 5.96 Å². The van der Waals surface area contributed by atoms with E-state index in [-0.39, 0.29) is 0 Å². The molecular weight excluding hydrogens is 406 g/mol. The van der Waals surface area contributed by atoms with Gasteiger partial charge in [-0.05, 0) is 49.1 Å². The van der Waals surface area contributed by atoms with E-state index in [0.717, 1.165) is 54.6 Å². The predicted octanol–water partition coefficient (Wildman–Crippen LogP) is 3.73. The van der Waals surface area contributed by atoms with Gasteiger partial charge >= 0.3 is 0 Å². The van der Waals surface area contributed by atoms with Crippen molar-refractivity contribution in [3.8, 4) is 17.2 Å². The number of rotatable bonds is 13. The largest absolute Gasteiger partial charge is 0.493 e. The number of hydrogen-bond donors (Lipinski definition) is 2. The molecule has 2 N–H and O–H groups in total. The highest BCUT2D eigenvalue weighted by molar-refractivity contribution is 5.79. The van der Waals surface area contributed by atoms with E-state index in [1.54, 1.807) is 28.4 Å². The Balaban J connectivity index is 1.81. The lowest BCUT2D eigenvalue weighted by atomic mass is 10.1. The number of nitrogens with zero attached hydrogens (tertiary/aromatic N) is 1. The summed E-state index contributed by atoms with van der Waals surface area (Å²) in [6.07, 6.45) is 2.76. The molecule has 0 bridgehead atoms. The van der Waals surface area contributed by atoms with E-state index in [2.05, 4.69) is 46.8 Å². The number of guanidine groups is 1. The number of ether oxygens (including phenoxy) is 4. The van der Waals surface area contributed by atoms with Gasteiger partial charge < -0.3 is 29.6 Å². The molecule has 0 unspecified atom stereocenters. The normalized spacial score (nSPS) is 11.2. The molecule has 7 nitrogen and oxygen atoms in total. The molecule has 0 aromatic heterocycles. The molecular formula is C25H37N3O4. The van der Waals surface area contributed by atoms with Crippen LogP contribution in [-0.4, -0.2) is 54.1 Å². The second kappa shape index (κ2) is 14.2. The molecule has 2 rings (SSSR count). The summed E-state index contributed by atoms with van der Waals surface area (Å²) in [6, 6.07) is 12.3. The van der Waals surface area contributed by atoms with Crippen LogP contribution in [0.2, 0.25) is 0 Å². The summed E-state index contributed by atoms with van der Waals surface area (Å²) in [7, 11) is 6.78. The third-order valence-electron chi connectivity index (χ3n) is 5.03. The molecule has 0 radical (unpaired) electrons. The van der Waals surface area contributed by atoms with E-state index in [4.69, 9.17) is 18.9 Å². The first-order valence-corrected chi connectivity index (χ1v) is 11.0. The van der Waals surface area contributed by atoms with E-state index in [9.17, 15) is 0 Å². The summed E-state index contributed by atoms with van der Waals surface area (Å²) < 4.78 is 21.7. The van der Waals surface area contributed by atoms with E-state index >= 15 is 0 Å². The third kappa shape index (κ3) is 8.30. The quantitative estimate of drug-likeness (QED) is 0.279. The molecule has 0 saturated carbocycles. The summed E-state index contributed by atoms with van der Waals surface area (Å²) >= 11 is 0. The second-order valence-corrected chi connectivity index (χ2v) is 7.45. The van der Waals surface area contributed by atoms with Crippen molar-refractivity contribution in [1.82, 2.24) is 10.6 Å². The van der Waals surface area contributed by atoms with Gasteiger partial charge in [0.05, 0.1) is 20.8 Å². The Labute approximate surface area is 192 Å². The SMILES string of the molecule is CN=C(NCCCc1ccc(OC)c(OC)c1)NCc1ccc(C)cc1OCCCOC. The van der Waals surface area contributed by atoms with Gasteiger partial charge in [0, 0.05) is 45.8 Å². The number of aliphatic imine (C=N–C) groups is 1. The molecule has 0 heterocycles. The van der Waals surface area contributed by atoms with Gasteiger partial charge in [-0.1, -0.05) is 18.2 Å². The van der Waals surface area contributed by atoms with Gasteiger partial charge in [-0.25, -0.2) is 0 Å². The maximum Gasteiger partial charge on any atom is 0.191 e. The maximum atomic E-state index is 5.97. The van der Waals surface area contributed by atoms with Gasteiger partial charge in [0.15, 0.2) is 17.5 Å². The van der Waals surface area contributed by atoms with Crippen LogP contribution in [0.4, 0.5) is 0 Å². The predicted molar refractivity (Wildman–Crippen MR) is 129 cm³/mol. The Kier molecular flexibility index (Phi) is 11.2. The first kappa shape index (κ1) is 25.3. The minimum Gasteiger partial charge on any atom is -0.493 e. The van der Waals surface area contributed by atoms with Crippen LogP contribution < -0.4 is 24.8 Å². The third-order valence-corrected chi connectivity index (χ3v) is 5.03. The van der Waals surface area contributed by atoms with Crippen LogP contribution >= 0.6 is 0 Å². The van der Waals surface area contributed by atoms with Crippen LogP contribution in [0.3, 0.4) is 0 Å². The van der Waals surface area contributed by atoms with Crippen LogP contribution in [0.15, 0.2) is 41.4 Å². The highest BCUT2D eigenvalue weighted by Crippen LogP contribution is 2.27. The van der Waals surface area contributed by atoms with Crippen molar-refractivity contribution in [3.63, 3.8) is 0 Å². The summed E-state index contributed by atoms with van der Waals surface area (Å²) in [5.41, 5.74) is 3.48. The minimum atomic E-state index is 0.632. The number of benzene rings is 2. The summed E-state index contributed by atoms with van der Waals surface area (Å²) in [5.74, 6) is 3.17. The Hall–Kier alpha value is -2.93. The number of methoxy groups -OCH3 is 3. The molecule has 0 atom stereocenters. The molecule has 0 aliphatic carbocycles. The molecule has 176 valence electrons. The van der Waals surface area contributed by atoms with Crippen LogP contribution in [-0.2, 0) is 17.7 Å². The van der Waals surface area contributed by atoms with Crippen molar-refractivity contribution < 1.29 is 18.9 Å². The molecule has 7 heteroatoms. The van der Waals surface area contributed by atoms with Crippen LogP contribution in [0.1, 0.15) is 29.5 Å². The summed E-state index contributed by atoms with van der Waals surface area (Å²) in [4.78, 5) is 4.33. The van der Waals surface area contributed by atoms with E-state index < -0.39 is 0 Å². The average molecular weight is 444 g/mol. The zero-order valence-corrected chi connectivity index (χ0v) is 20.0. The zero-order valence-electron chi connectivity index (χ0n) is 20.0. The molecule has 2 aromatic carbocycles. The van der Waals surface area contributed by atoms with Gasteiger partial charge in [-0.2, -0.15) is 0 Å². The zero-order chi connectivity index (χ0) is 23.2. The fourth-order valence-corrected chi connectivity index (χ4v) is 3.26. The van der Waals surface area contributed by atoms with Crippen LogP contribution in [0.5, 0.6) is 17.2 Å². The monoisotopic (exact) mass is 443 g/mol. The molecule has 0 saturated heterocycles. The first-order valence-electron chi connectivity index (χ1n) is 11.0. The minimum absolute atomic E-state index is 0.632. The molecule has 0 aliphatic rings. The van der Waals surface area contributed by atoms with E-state index in [1.165, 1.54) is 11.1 Å². The highest BCUT2D eigenvalue weighted by atomic mass is 16.5. The smallest absolute Gasteiger partial charge is 0.191 e. The lowest BCUT2D eigenvalue weighted by Crippen LogP contribution is -2.37. The number of aryl methyl sites for hydroxylation is 2. The lowest BCUT2D eigenvalue weighted by Gasteiger charge is -2.15. The van der Waals surface area contributed by atoms with E-state index in [0.29, 0.717) is 19.8 Å². The van der Waals surface area contributed by atoms with Gasteiger partial charge in [-0.3, -0.25) is 4.99 Å². The first-order chi connectivity index (χ1) is 15.6. The summed E-state index contributed by atoms with van der Waals surface area (Å²) in [5, 5.41) is 6.75. The fourth-order valence-electron chi connectivity index (χ4n) is 3.26. The van der Waals surface area contributed by atoms with Crippen molar-refractivity contribution in [2.24, 2.45) is 4.99 Å². The molecule has 0 fully saturated rings. The second-order valence-electron chi connectivity index (χ2n) is 7.45. The standard InChI is InChI=1S/C25H37N3O4/c1-19-9-11-21(23(16-19)32-15-7-14-29-3)18-28-25(26-2)27-13-6-8-20-10-12-22(30-4)24(17-20)31-5/h9-12,16-17H,6-8,13-15,18H2,1-5H3,(H2,26,27,28). The van der Waals surface area contributed by atoms with Gasteiger partial charge in [-0.15, -0.1) is 0 Å². The van der Waals surface area contributed by atoms with Gasteiger partial charge in [0.25, 0.3) is 0 Å². The Morgan fingerprint density at radius 1 is 0.875 bits per heavy atom.